The number of carbonyl (C=O) groups excluding carboxylic acids is 2. The molecular weight excluding hydrogens is 336 g/mol. The molecule has 6 heteroatoms. The molecule has 0 fully saturated rings. The van der Waals surface area contributed by atoms with Crippen LogP contribution in [0.4, 0.5) is 5.82 Å². The molecule has 0 radical (unpaired) electrons. The molecule has 0 aliphatic rings. The van der Waals surface area contributed by atoms with Crippen LogP contribution in [-0.4, -0.2) is 16.8 Å². The number of nitrogens with one attached hydrogen (secondary N) is 1. The molecular formula is C15H15BrN2O3. The molecule has 21 heavy (non-hydrogen) atoms. The van der Waals surface area contributed by atoms with Gasteiger partial charge >= 0.3 is 0 Å². The number of hydrogen-bond donors (Lipinski definition) is 1. The van der Waals surface area contributed by atoms with Gasteiger partial charge in [-0.3, -0.25) is 9.59 Å². The molecule has 1 N–H and O–H groups in total. The lowest BCUT2D eigenvalue weighted by Crippen LogP contribution is -2.12. The van der Waals surface area contributed by atoms with Gasteiger partial charge < -0.3 is 9.84 Å². The number of carbonyl (C=O) groups is 2. The number of rotatable bonds is 6. The summed E-state index contributed by atoms with van der Waals surface area (Å²) in [5, 5.41) is 6.30. The third-order valence-corrected chi connectivity index (χ3v) is 3.40. The zero-order valence-electron chi connectivity index (χ0n) is 11.6. The Hall–Kier alpha value is -1.95. The van der Waals surface area contributed by atoms with Gasteiger partial charge in [0.1, 0.15) is 5.76 Å². The summed E-state index contributed by atoms with van der Waals surface area (Å²) in [6, 6.07) is 8.83. The van der Waals surface area contributed by atoms with Crippen LogP contribution in [0.25, 0.3) is 0 Å². The van der Waals surface area contributed by atoms with E-state index < -0.39 is 0 Å². The summed E-state index contributed by atoms with van der Waals surface area (Å²) in [4.78, 5) is 23.6. The first-order valence-corrected chi connectivity index (χ1v) is 7.36. The minimum Gasteiger partial charge on any atom is -0.360 e. The number of hydrogen-bond acceptors (Lipinski definition) is 4. The summed E-state index contributed by atoms with van der Waals surface area (Å²) in [5.41, 5.74) is 0.658. The number of benzene rings is 1. The Morgan fingerprint density at radius 2 is 1.95 bits per heavy atom. The lowest BCUT2D eigenvalue weighted by molar-refractivity contribution is -0.116. The van der Waals surface area contributed by atoms with Crippen molar-refractivity contribution in [2.75, 3.05) is 5.32 Å². The molecule has 0 atom stereocenters. The van der Waals surface area contributed by atoms with Crippen molar-refractivity contribution < 1.29 is 14.1 Å². The normalized spacial score (nSPS) is 10.4. The molecule has 1 aromatic carbocycles. The first-order chi connectivity index (χ1) is 10.0. The average molecular weight is 351 g/mol. The van der Waals surface area contributed by atoms with Crippen LogP contribution in [-0.2, 0) is 4.79 Å². The Morgan fingerprint density at radius 1 is 1.24 bits per heavy atom. The Morgan fingerprint density at radius 3 is 2.57 bits per heavy atom. The van der Waals surface area contributed by atoms with Crippen molar-refractivity contribution in [1.29, 1.82) is 0 Å². The number of ketones is 1. The van der Waals surface area contributed by atoms with Crippen LogP contribution < -0.4 is 5.32 Å². The van der Waals surface area contributed by atoms with Crippen molar-refractivity contribution in [3.05, 3.63) is 46.1 Å². The molecule has 1 heterocycles. The van der Waals surface area contributed by atoms with Gasteiger partial charge in [0.05, 0.1) is 0 Å². The molecule has 5 nitrogen and oxygen atoms in total. The first kappa shape index (κ1) is 15.4. The van der Waals surface area contributed by atoms with Gasteiger partial charge in [-0.15, -0.1) is 0 Å². The Balaban J connectivity index is 1.74. The molecule has 0 saturated carbocycles. The Bertz CT molecular complexity index is 635. The lowest BCUT2D eigenvalue weighted by atomic mass is 10.1. The third kappa shape index (κ3) is 4.82. The second-order valence-corrected chi connectivity index (χ2v) is 5.57. The van der Waals surface area contributed by atoms with E-state index in [2.05, 4.69) is 26.4 Å². The largest absolute Gasteiger partial charge is 0.360 e. The van der Waals surface area contributed by atoms with Gasteiger partial charge in [0.2, 0.25) is 5.91 Å². The summed E-state index contributed by atoms with van der Waals surface area (Å²) < 4.78 is 5.78. The highest BCUT2D eigenvalue weighted by atomic mass is 79.9. The molecule has 2 aromatic rings. The van der Waals surface area contributed by atoms with E-state index in [4.69, 9.17) is 4.52 Å². The predicted octanol–water partition coefficient (Wildman–Crippen LogP) is 3.74. The summed E-state index contributed by atoms with van der Waals surface area (Å²) in [7, 11) is 0. The van der Waals surface area contributed by atoms with Crippen molar-refractivity contribution in [2.24, 2.45) is 0 Å². The van der Waals surface area contributed by atoms with Gasteiger partial charge in [0.25, 0.3) is 0 Å². The van der Waals surface area contributed by atoms with Gasteiger partial charge in [0.15, 0.2) is 11.6 Å². The van der Waals surface area contributed by atoms with Gasteiger partial charge in [-0.25, -0.2) is 0 Å². The quantitative estimate of drug-likeness (QED) is 0.805. The monoisotopic (exact) mass is 350 g/mol. The second kappa shape index (κ2) is 7.17. The fourth-order valence-corrected chi connectivity index (χ4v) is 2.08. The molecule has 0 aliphatic carbocycles. The number of nitrogens with zero attached hydrogens (tertiary/aromatic N) is 1. The molecule has 2 rings (SSSR count). The topological polar surface area (TPSA) is 72.2 Å². The molecule has 0 spiro atoms. The van der Waals surface area contributed by atoms with Crippen molar-refractivity contribution >= 4 is 33.4 Å². The van der Waals surface area contributed by atoms with E-state index in [1.807, 2.05) is 12.1 Å². The summed E-state index contributed by atoms with van der Waals surface area (Å²) in [5.74, 6) is 0.895. The van der Waals surface area contributed by atoms with E-state index in [0.717, 1.165) is 4.47 Å². The Kier molecular flexibility index (Phi) is 5.27. The highest BCUT2D eigenvalue weighted by Crippen LogP contribution is 2.13. The van der Waals surface area contributed by atoms with Gasteiger partial charge in [0, 0.05) is 28.9 Å². The standard InChI is InChI=1S/C15H15BrN2O3/c1-10-9-14(18-21-10)17-15(20)4-2-3-13(19)11-5-7-12(16)8-6-11/h5-9H,2-4H2,1H3,(H,17,18,20). The fraction of sp³-hybridized carbons (Fsp3) is 0.267. The zero-order valence-corrected chi connectivity index (χ0v) is 13.1. The van der Waals surface area contributed by atoms with E-state index in [9.17, 15) is 9.59 Å². The molecule has 0 bridgehead atoms. The molecule has 1 aromatic heterocycles. The minimum absolute atomic E-state index is 0.0348. The number of Topliss-reactive ketones (excluding diaryl/α,β-unsaturated/α-hetero) is 1. The minimum atomic E-state index is -0.174. The van der Waals surface area contributed by atoms with E-state index >= 15 is 0 Å². The smallest absolute Gasteiger partial charge is 0.225 e. The van der Waals surface area contributed by atoms with Crippen LogP contribution in [0.5, 0.6) is 0 Å². The van der Waals surface area contributed by atoms with Crippen molar-refractivity contribution in [2.45, 2.75) is 26.2 Å². The maximum atomic E-state index is 11.9. The van der Waals surface area contributed by atoms with Crippen LogP contribution in [0.2, 0.25) is 0 Å². The number of amides is 1. The number of anilines is 1. The highest BCUT2D eigenvalue weighted by Gasteiger charge is 2.09. The predicted molar refractivity (Wildman–Crippen MR) is 82.2 cm³/mol. The second-order valence-electron chi connectivity index (χ2n) is 4.65. The maximum absolute atomic E-state index is 11.9. The van der Waals surface area contributed by atoms with Crippen LogP contribution >= 0.6 is 15.9 Å². The zero-order chi connectivity index (χ0) is 15.2. The molecule has 0 saturated heterocycles. The van der Waals surface area contributed by atoms with Crippen molar-refractivity contribution in [3.63, 3.8) is 0 Å². The van der Waals surface area contributed by atoms with E-state index in [0.29, 0.717) is 30.0 Å². The molecule has 0 aliphatic heterocycles. The van der Waals surface area contributed by atoms with Crippen LogP contribution in [0, 0.1) is 6.92 Å². The SMILES string of the molecule is Cc1cc(NC(=O)CCCC(=O)c2ccc(Br)cc2)no1. The van der Waals surface area contributed by atoms with Crippen molar-refractivity contribution in [3.8, 4) is 0 Å². The molecule has 0 unspecified atom stereocenters. The summed E-state index contributed by atoms with van der Waals surface area (Å²) in [6.45, 7) is 1.75. The molecule has 110 valence electrons. The maximum Gasteiger partial charge on any atom is 0.225 e. The average Bonchev–Trinajstić information content (AvgIpc) is 2.84. The van der Waals surface area contributed by atoms with Gasteiger partial charge in [-0.1, -0.05) is 33.2 Å². The summed E-state index contributed by atoms with van der Waals surface area (Å²) >= 11 is 3.32. The van der Waals surface area contributed by atoms with Gasteiger partial charge in [-0.2, -0.15) is 0 Å². The fourth-order valence-electron chi connectivity index (χ4n) is 1.82. The number of halogens is 1. The van der Waals surface area contributed by atoms with Crippen LogP contribution in [0.15, 0.2) is 39.3 Å². The Labute approximate surface area is 130 Å². The van der Waals surface area contributed by atoms with Gasteiger partial charge in [-0.05, 0) is 25.5 Å². The van der Waals surface area contributed by atoms with E-state index in [-0.39, 0.29) is 18.1 Å². The number of aryl methyl sites for hydroxylation is 1. The highest BCUT2D eigenvalue weighted by molar-refractivity contribution is 9.10. The summed E-state index contributed by atoms with van der Waals surface area (Å²) in [6.07, 6.45) is 1.11. The van der Waals surface area contributed by atoms with Crippen LogP contribution in [0.1, 0.15) is 35.4 Å². The van der Waals surface area contributed by atoms with E-state index in [1.54, 1.807) is 25.1 Å². The first-order valence-electron chi connectivity index (χ1n) is 6.56. The van der Waals surface area contributed by atoms with Crippen molar-refractivity contribution in [1.82, 2.24) is 5.16 Å². The third-order valence-electron chi connectivity index (χ3n) is 2.87. The molecule has 1 amide bonds. The number of aromatic nitrogens is 1. The lowest BCUT2D eigenvalue weighted by Gasteiger charge is -2.02. The van der Waals surface area contributed by atoms with E-state index in [1.165, 1.54) is 0 Å². The van der Waals surface area contributed by atoms with Crippen LogP contribution in [0.3, 0.4) is 0 Å².